The summed E-state index contributed by atoms with van der Waals surface area (Å²) in [7, 11) is 0. The van der Waals surface area contributed by atoms with Gasteiger partial charge in [0.05, 0.1) is 17.3 Å². The molecule has 0 saturated carbocycles. The van der Waals surface area contributed by atoms with Gasteiger partial charge in [-0.25, -0.2) is 4.98 Å². The summed E-state index contributed by atoms with van der Waals surface area (Å²) >= 11 is 5.85. The predicted molar refractivity (Wildman–Crippen MR) is 108 cm³/mol. The zero-order chi connectivity index (χ0) is 22.6. The SMILES string of the molecule is CCc1[nH]c(C)c(C)c(=O)c1/C=N/OC(C)C(C)Oc1ncc(C(F)(F)F)cc1Cl. The lowest BCUT2D eigenvalue weighted by Crippen LogP contribution is -2.28. The van der Waals surface area contributed by atoms with Gasteiger partial charge in [-0.2, -0.15) is 13.2 Å². The van der Waals surface area contributed by atoms with Crippen molar-refractivity contribution in [2.45, 2.75) is 59.4 Å². The first kappa shape index (κ1) is 23.7. The normalized spacial score (nSPS) is 14.0. The van der Waals surface area contributed by atoms with Crippen LogP contribution in [0.25, 0.3) is 0 Å². The topological polar surface area (TPSA) is 76.6 Å². The molecule has 30 heavy (non-hydrogen) atoms. The molecule has 0 fully saturated rings. The molecule has 0 radical (unpaired) electrons. The van der Waals surface area contributed by atoms with Gasteiger partial charge in [0, 0.05) is 23.1 Å². The minimum absolute atomic E-state index is 0.131. The summed E-state index contributed by atoms with van der Waals surface area (Å²) < 4.78 is 43.6. The van der Waals surface area contributed by atoms with Gasteiger partial charge in [0.1, 0.15) is 11.1 Å². The van der Waals surface area contributed by atoms with Crippen LogP contribution in [-0.4, -0.2) is 28.4 Å². The largest absolute Gasteiger partial charge is 0.470 e. The number of oxime groups is 1. The Morgan fingerprint density at radius 2 is 1.97 bits per heavy atom. The number of hydrogen-bond donors (Lipinski definition) is 1. The lowest BCUT2D eigenvalue weighted by Gasteiger charge is -2.20. The number of halogens is 4. The van der Waals surface area contributed by atoms with Crippen LogP contribution in [0.5, 0.6) is 5.88 Å². The zero-order valence-electron chi connectivity index (χ0n) is 17.2. The molecule has 6 nitrogen and oxygen atoms in total. The summed E-state index contributed by atoms with van der Waals surface area (Å²) in [4.78, 5) is 24.6. The second-order valence-corrected chi connectivity index (χ2v) is 7.23. The number of rotatable bonds is 7. The van der Waals surface area contributed by atoms with E-state index in [1.54, 1.807) is 20.8 Å². The molecule has 2 heterocycles. The van der Waals surface area contributed by atoms with Crippen molar-refractivity contribution in [3.8, 4) is 5.88 Å². The van der Waals surface area contributed by atoms with E-state index in [-0.39, 0.29) is 16.3 Å². The average molecular weight is 446 g/mol. The van der Waals surface area contributed by atoms with Crippen molar-refractivity contribution in [3.05, 3.63) is 55.6 Å². The highest BCUT2D eigenvalue weighted by molar-refractivity contribution is 6.31. The highest BCUT2D eigenvalue weighted by atomic mass is 35.5. The van der Waals surface area contributed by atoms with E-state index in [1.807, 2.05) is 13.8 Å². The van der Waals surface area contributed by atoms with Gasteiger partial charge in [-0.1, -0.05) is 23.7 Å². The fraction of sp³-hybridized carbons (Fsp3) is 0.450. The predicted octanol–water partition coefficient (Wildman–Crippen LogP) is 4.83. The van der Waals surface area contributed by atoms with E-state index in [2.05, 4.69) is 15.1 Å². The third kappa shape index (κ3) is 5.53. The van der Waals surface area contributed by atoms with Gasteiger partial charge < -0.3 is 14.6 Å². The van der Waals surface area contributed by atoms with E-state index in [4.69, 9.17) is 21.2 Å². The molecule has 164 valence electrons. The molecule has 2 aromatic rings. The Morgan fingerprint density at radius 3 is 2.53 bits per heavy atom. The number of hydrogen-bond acceptors (Lipinski definition) is 5. The van der Waals surface area contributed by atoms with Crippen LogP contribution in [0.3, 0.4) is 0 Å². The molecule has 2 aromatic heterocycles. The smallest absolute Gasteiger partial charge is 0.417 e. The number of aromatic nitrogens is 2. The Bertz CT molecular complexity index is 990. The van der Waals surface area contributed by atoms with Crippen LogP contribution in [0, 0.1) is 13.8 Å². The van der Waals surface area contributed by atoms with E-state index in [0.717, 1.165) is 17.5 Å². The van der Waals surface area contributed by atoms with Crippen molar-refractivity contribution in [3.63, 3.8) is 0 Å². The summed E-state index contributed by atoms with van der Waals surface area (Å²) in [5.74, 6) is -0.143. The van der Waals surface area contributed by atoms with Gasteiger partial charge in [-0.05, 0) is 40.2 Å². The number of pyridine rings is 2. The molecule has 10 heteroatoms. The minimum Gasteiger partial charge on any atom is -0.470 e. The summed E-state index contributed by atoms with van der Waals surface area (Å²) in [6.07, 6.45) is -3.17. The highest BCUT2D eigenvalue weighted by Crippen LogP contribution is 2.33. The number of aryl methyl sites for hydroxylation is 2. The maximum atomic E-state index is 12.7. The van der Waals surface area contributed by atoms with Crippen molar-refractivity contribution in [2.75, 3.05) is 0 Å². The number of ether oxygens (including phenoxy) is 1. The molecular weight excluding hydrogens is 423 g/mol. The summed E-state index contributed by atoms with van der Waals surface area (Å²) in [5, 5.41) is 3.62. The third-order valence-corrected chi connectivity index (χ3v) is 4.94. The van der Waals surface area contributed by atoms with Crippen molar-refractivity contribution in [1.82, 2.24) is 9.97 Å². The minimum atomic E-state index is -4.55. The maximum absolute atomic E-state index is 12.7. The van der Waals surface area contributed by atoms with Gasteiger partial charge in [0.15, 0.2) is 11.5 Å². The van der Waals surface area contributed by atoms with Crippen LogP contribution in [0.15, 0.2) is 22.2 Å². The fourth-order valence-electron chi connectivity index (χ4n) is 2.52. The molecule has 1 N–H and O–H groups in total. The first-order valence-electron chi connectivity index (χ1n) is 9.26. The standard InChI is InChI=1S/C20H23ClF3N3O3/c1-6-17-15(18(28)10(2)11(3)27-17)9-26-30-13(5)12(4)29-19-16(21)7-14(8-25-19)20(22,23)24/h7-9,12-13H,6H2,1-5H3,(H,27,28)/b26-9+. The number of nitrogens with one attached hydrogen (secondary N) is 1. The molecule has 0 aromatic carbocycles. The quantitative estimate of drug-likeness (QED) is 0.489. The van der Waals surface area contributed by atoms with Gasteiger partial charge in [-0.15, -0.1) is 0 Å². The Morgan fingerprint density at radius 1 is 1.30 bits per heavy atom. The Hall–Kier alpha value is -2.55. The van der Waals surface area contributed by atoms with E-state index >= 15 is 0 Å². The third-order valence-electron chi connectivity index (χ3n) is 4.67. The van der Waals surface area contributed by atoms with Gasteiger partial charge in [-0.3, -0.25) is 4.79 Å². The first-order chi connectivity index (χ1) is 14.0. The summed E-state index contributed by atoms with van der Waals surface area (Å²) in [5.41, 5.74) is 1.45. The van der Waals surface area contributed by atoms with Crippen LogP contribution >= 0.6 is 11.6 Å². The summed E-state index contributed by atoms with van der Waals surface area (Å²) in [6, 6.07) is 0.749. The fourth-order valence-corrected chi connectivity index (χ4v) is 2.73. The van der Waals surface area contributed by atoms with Crippen molar-refractivity contribution >= 4 is 17.8 Å². The zero-order valence-corrected chi connectivity index (χ0v) is 18.0. The Balaban J connectivity index is 2.08. The molecule has 2 unspecified atom stereocenters. The number of H-pyrrole nitrogens is 1. The molecule has 2 atom stereocenters. The van der Waals surface area contributed by atoms with Crippen LogP contribution in [0.2, 0.25) is 5.02 Å². The van der Waals surface area contributed by atoms with Crippen LogP contribution in [0.4, 0.5) is 13.2 Å². The Kier molecular flexibility index (Phi) is 7.52. The first-order valence-corrected chi connectivity index (χ1v) is 9.64. The average Bonchev–Trinajstić information content (AvgIpc) is 2.68. The van der Waals surface area contributed by atoms with Crippen LogP contribution in [0.1, 0.15) is 48.8 Å². The molecule has 0 spiro atoms. The lowest BCUT2D eigenvalue weighted by atomic mass is 10.1. The van der Waals surface area contributed by atoms with E-state index in [1.165, 1.54) is 6.21 Å². The molecule has 0 amide bonds. The van der Waals surface area contributed by atoms with Crippen LogP contribution < -0.4 is 10.2 Å². The van der Waals surface area contributed by atoms with Crippen LogP contribution in [-0.2, 0) is 17.4 Å². The second-order valence-electron chi connectivity index (χ2n) is 6.83. The van der Waals surface area contributed by atoms with Crippen molar-refractivity contribution < 1.29 is 22.7 Å². The van der Waals surface area contributed by atoms with E-state index < -0.39 is 23.9 Å². The second kappa shape index (κ2) is 9.51. The molecule has 0 bridgehead atoms. The molecule has 2 rings (SSSR count). The van der Waals surface area contributed by atoms with Gasteiger partial charge >= 0.3 is 6.18 Å². The van der Waals surface area contributed by atoms with Crippen molar-refractivity contribution in [2.24, 2.45) is 5.16 Å². The molecule has 0 aliphatic rings. The maximum Gasteiger partial charge on any atom is 0.417 e. The number of alkyl halides is 3. The van der Waals surface area contributed by atoms with Gasteiger partial charge in [0.25, 0.3) is 0 Å². The molecular formula is C20H23ClF3N3O3. The lowest BCUT2D eigenvalue weighted by molar-refractivity contribution is -0.137. The van der Waals surface area contributed by atoms with E-state index in [9.17, 15) is 18.0 Å². The molecule has 0 aliphatic carbocycles. The Labute approximate surface area is 177 Å². The van der Waals surface area contributed by atoms with E-state index in [0.29, 0.717) is 23.7 Å². The monoisotopic (exact) mass is 445 g/mol. The van der Waals surface area contributed by atoms with Gasteiger partial charge in [0.2, 0.25) is 5.88 Å². The summed E-state index contributed by atoms with van der Waals surface area (Å²) in [6.45, 7) is 8.76. The highest BCUT2D eigenvalue weighted by Gasteiger charge is 2.32. The molecule has 0 saturated heterocycles. The molecule has 0 aliphatic heterocycles. The van der Waals surface area contributed by atoms with Crippen molar-refractivity contribution in [1.29, 1.82) is 0 Å². The number of aromatic amines is 1. The number of nitrogens with zero attached hydrogens (tertiary/aromatic N) is 2.